The molecule has 0 radical (unpaired) electrons. The first-order chi connectivity index (χ1) is 8.34. The van der Waals surface area contributed by atoms with Gasteiger partial charge in [-0.05, 0) is 23.6 Å². The maximum atomic E-state index is 11.4. The minimum absolute atomic E-state index is 0.334. The van der Waals surface area contributed by atoms with Crippen molar-refractivity contribution in [2.45, 2.75) is 0 Å². The number of hydrogen-bond acceptors (Lipinski definition) is 5. The highest BCUT2D eigenvalue weighted by molar-refractivity contribution is 7.16. The van der Waals surface area contributed by atoms with Crippen molar-refractivity contribution >= 4 is 21.6 Å². The fourth-order valence-corrected chi connectivity index (χ4v) is 2.36. The summed E-state index contributed by atoms with van der Waals surface area (Å²) in [6.07, 6.45) is 2.94. The molecule has 0 fully saturated rings. The second-order valence-electron chi connectivity index (χ2n) is 3.41. The Morgan fingerprint density at radius 3 is 2.88 bits per heavy atom. The van der Waals surface area contributed by atoms with E-state index in [9.17, 15) is 4.79 Å². The Kier molecular flexibility index (Phi) is 2.38. The van der Waals surface area contributed by atoms with Crippen molar-refractivity contribution in [1.29, 1.82) is 0 Å². The number of fused-ring (bicyclic) bond motifs is 1. The molecule has 3 rings (SSSR count). The minimum Gasteiger partial charge on any atom is -0.266 e. The highest BCUT2D eigenvalue weighted by Crippen LogP contribution is 2.25. The predicted molar refractivity (Wildman–Crippen MR) is 66.9 cm³/mol. The summed E-state index contributed by atoms with van der Waals surface area (Å²) in [7, 11) is 0. The summed E-state index contributed by atoms with van der Waals surface area (Å²) in [6, 6.07) is 7.50. The molecule has 3 aromatic rings. The second kappa shape index (κ2) is 4.03. The van der Waals surface area contributed by atoms with Gasteiger partial charge in [-0.2, -0.15) is 4.98 Å². The molecule has 0 aliphatic heterocycles. The average Bonchev–Trinajstić information content (AvgIpc) is 2.73. The van der Waals surface area contributed by atoms with Gasteiger partial charge in [-0.25, -0.2) is 4.98 Å². The van der Waals surface area contributed by atoms with Gasteiger partial charge in [0.2, 0.25) is 0 Å². The van der Waals surface area contributed by atoms with E-state index in [0.717, 1.165) is 11.1 Å². The molecule has 4 nitrogen and oxygen atoms in total. The number of pyridine rings is 1. The summed E-state index contributed by atoms with van der Waals surface area (Å²) >= 11 is 1.42. The molecule has 3 aromatic heterocycles. The lowest BCUT2D eigenvalue weighted by molar-refractivity contribution is 1.24. The summed E-state index contributed by atoms with van der Waals surface area (Å²) in [5.74, 6) is 0. The number of rotatable bonds is 1. The van der Waals surface area contributed by atoms with Gasteiger partial charge in [0.1, 0.15) is 4.83 Å². The van der Waals surface area contributed by atoms with Crippen molar-refractivity contribution in [3.63, 3.8) is 0 Å². The summed E-state index contributed by atoms with van der Waals surface area (Å²) < 4.78 is 0. The lowest BCUT2D eigenvalue weighted by Crippen LogP contribution is -1.98. The van der Waals surface area contributed by atoms with E-state index >= 15 is 0 Å². The molecule has 82 valence electrons. The van der Waals surface area contributed by atoms with E-state index < -0.39 is 0 Å². The SMILES string of the molecule is O=c1cnc(-c2ccccn2)c2ccsc2n1. The molecule has 0 saturated heterocycles. The van der Waals surface area contributed by atoms with E-state index in [4.69, 9.17) is 0 Å². The summed E-state index contributed by atoms with van der Waals surface area (Å²) in [4.78, 5) is 24.5. The normalized spacial score (nSPS) is 10.6. The molecule has 0 aromatic carbocycles. The third-order valence-corrected chi connectivity index (χ3v) is 3.13. The van der Waals surface area contributed by atoms with Crippen molar-refractivity contribution in [3.05, 3.63) is 52.4 Å². The molecule has 0 aliphatic rings. The number of aromatic nitrogens is 3. The lowest BCUT2D eigenvalue weighted by Gasteiger charge is -1.96. The molecule has 0 spiro atoms. The fraction of sp³-hybridized carbons (Fsp3) is 0. The van der Waals surface area contributed by atoms with E-state index in [1.54, 1.807) is 6.20 Å². The zero-order chi connectivity index (χ0) is 11.7. The third-order valence-electron chi connectivity index (χ3n) is 2.32. The standard InChI is InChI=1S/C12H7N3OS/c16-10-7-14-11(9-3-1-2-5-13-9)8-4-6-17-12(8)15-10/h1-7H. The van der Waals surface area contributed by atoms with Crippen molar-refractivity contribution in [1.82, 2.24) is 15.0 Å². The Morgan fingerprint density at radius 1 is 1.12 bits per heavy atom. The first kappa shape index (κ1) is 10.0. The maximum absolute atomic E-state index is 11.4. The number of hydrogen-bond donors (Lipinski definition) is 0. The van der Waals surface area contributed by atoms with Gasteiger partial charge in [-0.1, -0.05) is 6.07 Å². The van der Waals surface area contributed by atoms with Gasteiger partial charge in [0.25, 0.3) is 5.56 Å². The van der Waals surface area contributed by atoms with Crippen LogP contribution in [0.5, 0.6) is 0 Å². The molecule has 17 heavy (non-hydrogen) atoms. The van der Waals surface area contributed by atoms with Crippen LogP contribution in [0.25, 0.3) is 21.6 Å². The molecule has 0 amide bonds. The van der Waals surface area contributed by atoms with Gasteiger partial charge in [-0.3, -0.25) is 9.78 Å². The average molecular weight is 241 g/mol. The van der Waals surface area contributed by atoms with E-state index in [-0.39, 0.29) is 5.56 Å². The smallest absolute Gasteiger partial charge is 0.266 e. The van der Waals surface area contributed by atoms with Crippen LogP contribution >= 0.6 is 11.3 Å². The Morgan fingerprint density at radius 2 is 2.06 bits per heavy atom. The van der Waals surface area contributed by atoms with E-state index in [0.29, 0.717) is 10.5 Å². The molecule has 0 atom stereocenters. The Balaban J connectivity index is 2.41. The van der Waals surface area contributed by atoms with E-state index in [2.05, 4.69) is 15.0 Å². The molecule has 0 aliphatic carbocycles. The van der Waals surface area contributed by atoms with Crippen LogP contribution in [0.1, 0.15) is 0 Å². The molecule has 0 bridgehead atoms. The zero-order valence-corrected chi connectivity index (χ0v) is 9.52. The molecule has 0 N–H and O–H groups in total. The van der Waals surface area contributed by atoms with E-state index in [1.165, 1.54) is 17.5 Å². The van der Waals surface area contributed by atoms with Crippen LogP contribution in [0.2, 0.25) is 0 Å². The molecule has 5 heteroatoms. The van der Waals surface area contributed by atoms with Crippen molar-refractivity contribution in [3.8, 4) is 11.4 Å². The summed E-state index contributed by atoms with van der Waals surface area (Å²) in [6.45, 7) is 0. The van der Waals surface area contributed by atoms with Gasteiger partial charge in [0.15, 0.2) is 0 Å². The first-order valence-corrected chi connectivity index (χ1v) is 5.88. The fourth-order valence-electron chi connectivity index (χ4n) is 1.59. The van der Waals surface area contributed by atoms with Crippen LogP contribution in [0.4, 0.5) is 0 Å². The lowest BCUT2D eigenvalue weighted by atomic mass is 10.2. The predicted octanol–water partition coefficient (Wildman–Crippen LogP) is 2.11. The maximum Gasteiger partial charge on any atom is 0.289 e. The van der Waals surface area contributed by atoms with E-state index in [1.807, 2.05) is 29.6 Å². The van der Waals surface area contributed by atoms with Crippen LogP contribution in [-0.2, 0) is 0 Å². The van der Waals surface area contributed by atoms with Crippen molar-refractivity contribution in [2.24, 2.45) is 0 Å². The van der Waals surface area contributed by atoms with Crippen LogP contribution in [0.3, 0.4) is 0 Å². The van der Waals surface area contributed by atoms with Crippen LogP contribution < -0.4 is 5.56 Å². The van der Waals surface area contributed by atoms with Gasteiger partial charge < -0.3 is 0 Å². The van der Waals surface area contributed by atoms with Crippen molar-refractivity contribution in [2.75, 3.05) is 0 Å². The third kappa shape index (κ3) is 1.81. The monoisotopic (exact) mass is 241 g/mol. The molecule has 0 saturated carbocycles. The van der Waals surface area contributed by atoms with Crippen LogP contribution in [-0.4, -0.2) is 15.0 Å². The van der Waals surface area contributed by atoms with Crippen LogP contribution in [0.15, 0.2) is 46.8 Å². The first-order valence-electron chi connectivity index (χ1n) is 5.00. The molecular formula is C12H7N3OS. The summed E-state index contributed by atoms with van der Waals surface area (Å²) in [5, 5.41) is 2.75. The Bertz CT molecular complexity index is 724. The second-order valence-corrected chi connectivity index (χ2v) is 4.31. The Hall–Kier alpha value is -2.14. The van der Waals surface area contributed by atoms with Crippen LogP contribution in [0, 0.1) is 0 Å². The zero-order valence-electron chi connectivity index (χ0n) is 8.70. The number of thiophene rings is 1. The molecular weight excluding hydrogens is 234 g/mol. The number of nitrogens with zero attached hydrogens (tertiary/aromatic N) is 3. The highest BCUT2D eigenvalue weighted by atomic mass is 32.1. The summed E-state index contributed by atoms with van der Waals surface area (Å²) in [5.41, 5.74) is 1.10. The van der Waals surface area contributed by atoms with Gasteiger partial charge in [0.05, 0.1) is 17.6 Å². The van der Waals surface area contributed by atoms with Gasteiger partial charge in [-0.15, -0.1) is 11.3 Å². The molecule has 3 heterocycles. The minimum atomic E-state index is -0.334. The molecule has 0 unspecified atom stereocenters. The topological polar surface area (TPSA) is 55.7 Å². The highest BCUT2D eigenvalue weighted by Gasteiger charge is 2.07. The van der Waals surface area contributed by atoms with Crippen molar-refractivity contribution < 1.29 is 0 Å². The van der Waals surface area contributed by atoms with Gasteiger partial charge >= 0.3 is 0 Å². The largest absolute Gasteiger partial charge is 0.289 e. The Labute approximate surface area is 101 Å². The van der Waals surface area contributed by atoms with Gasteiger partial charge in [0, 0.05) is 11.6 Å². The quantitative estimate of drug-likeness (QED) is 0.654.